The first-order chi connectivity index (χ1) is 10.1. The highest BCUT2D eigenvalue weighted by Crippen LogP contribution is 2.14. The minimum atomic E-state index is -0.839. The van der Waals surface area contributed by atoms with Gasteiger partial charge in [0.05, 0.1) is 19.1 Å². The number of carboxylic acid groups (broad SMARTS) is 1. The molecule has 0 bridgehead atoms. The molecule has 0 saturated carbocycles. The summed E-state index contributed by atoms with van der Waals surface area (Å²) in [4.78, 5) is 24.4. The van der Waals surface area contributed by atoms with Crippen LogP contribution in [0.15, 0.2) is 0 Å². The molecule has 0 aromatic heterocycles. The van der Waals surface area contributed by atoms with Gasteiger partial charge in [-0.05, 0) is 38.8 Å². The number of hydrogen-bond acceptors (Lipinski definition) is 4. The Balaban J connectivity index is 1.63. The number of aliphatic carboxylic acids is 1. The van der Waals surface area contributed by atoms with Crippen LogP contribution in [0.4, 0.5) is 4.79 Å². The van der Waals surface area contributed by atoms with Crippen molar-refractivity contribution in [3.05, 3.63) is 0 Å². The number of nitrogens with zero attached hydrogens (tertiary/aromatic N) is 1. The van der Waals surface area contributed by atoms with Crippen LogP contribution >= 0.6 is 0 Å². The van der Waals surface area contributed by atoms with Gasteiger partial charge in [-0.1, -0.05) is 0 Å². The van der Waals surface area contributed by atoms with Crippen molar-refractivity contribution in [1.29, 1.82) is 0 Å². The van der Waals surface area contributed by atoms with Crippen molar-refractivity contribution in [2.75, 3.05) is 32.8 Å². The van der Waals surface area contributed by atoms with Gasteiger partial charge in [0.15, 0.2) is 0 Å². The largest absolute Gasteiger partial charge is 0.481 e. The van der Waals surface area contributed by atoms with E-state index in [4.69, 9.17) is 9.84 Å². The second kappa shape index (κ2) is 8.19. The maximum Gasteiger partial charge on any atom is 0.317 e. The van der Waals surface area contributed by atoms with E-state index in [1.165, 1.54) is 0 Å². The average molecular weight is 299 g/mol. The number of piperidine rings is 2. The van der Waals surface area contributed by atoms with Crippen LogP contribution in [0.5, 0.6) is 0 Å². The molecule has 0 atom stereocenters. The molecule has 3 N–H and O–H groups in total. The van der Waals surface area contributed by atoms with Gasteiger partial charge in [-0.25, -0.2) is 4.79 Å². The number of rotatable bonds is 5. The van der Waals surface area contributed by atoms with Crippen LogP contribution in [0, 0.1) is 0 Å². The van der Waals surface area contributed by atoms with E-state index >= 15 is 0 Å². The first-order valence-corrected chi connectivity index (χ1v) is 7.74. The number of amides is 2. The smallest absolute Gasteiger partial charge is 0.317 e. The van der Waals surface area contributed by atoms with Crippen LogP contribution in [0.1, 0.15) is 32.1 Å². The van der Waals surface area contributed by atoms with Crippen molar-refractivity contribution in [3.63, 3.8) is 0 Å². The van der Waals surface area contributed by atoms with Crippen molar-refractivity contribution < 1.29 is 19.4 Å². The zero-order chi connectivity index (χ0) is 15.1. The monoisotopic (exact) mass is 299 g/mol. The first-order valence-electron chi connectivity index (χ1n) is 7.74. The molecule has 7 nitrogen and oxygen atoms in total. The molecule has 0 aromatic carbocycles. The number of carbonyl (C=O) groups excluding carboxylic acids is 1. The zero-order valence-corrected chi connectivity index (χ0v) is 12.3. The highest BCUT2D eigenvalue weighted by atomic mass is 16.5. The molecule has 7 heteroatoms. The van der Waals surface area contributed by atoms with Gasteiger partial charge in [0.1, 0.15) is 0 Å². The number of likely N-dealkylation sites (tertiary alicyclic amines) is 1. The third-order valence-corrected chi connectivity index (χ3v) is 4.07. The van der Waals surface area contributed by atoms with Crippen LogP contribution in [0.25, 0.3) is 0 Å². The highest BCUT2D eigenvalue weighted by molar-refractivity contribution is 5.74. The van der Waals surface area contributed by atoms with Gasteiger partial charge in [-0.3, -0.25) is 4.79 Å². The second-order valence-corrected chi connectivity index (χ2v) is 5.67. The van der Waals surface area contributed by atoms with Crippen molar-refractivity contribution in [2.45, 2.75) is 44.2 Å². The van der Waals surface area contributed by atoms with Crippen LogP contribution in [0.3, 0.4) is 0 Å². The fraction of sp³-hybridized carbons (Fsp3) is 0.857. The summed E-state index contributed by atoms with van der Waals surface area (Å²) in [6.45, 7) is 3.53. The molecule has 0 radical (unpaired) electrons. The fourth-order valence-electron chi connectivity index (χ4n) is 2.77. The predicted octanol–water partition coefficient (Wildman–Crippen LogP) is 0.404. The molecule has 2 amide bonds. The molecule has 2 fully saturated rings. The summed E-state index contributed by atoms with van der Waals surface area (Å²) in [6, 6.07) is 0.300. The zero-order valence-electron chi connectivity index (χ0n) is 12.3. The molecular formula is C14H25N3O4. The molecule has 0 spiro atoms. The molecule has 0 aliphatic carbocycles. The van der Waals surface area contributed by atoms with Crippen molar-refractivity contribution >= 4 is 12.0 Å². The summed E-state index contributed by atoms with van der Waals surface area (Å²) >= 11 is 0. The lowest BCUT2D eigenvalue weighted by Gasteiger charge is -2.34. The van der Waals surface area contributed by atoms with Crippen LogP contribution < -0.4 is 10.6 Å². The normalized spacial score (nSPS) is 21.2. The van der Waals surface area contributed by atoms with Crippen molar-refractivity contribution in [2.24, 2.45) is 0 Å². The van der Waals surface area contributed by atoms with E-state index in [0.717, 1.165) is 38.8 Å². The molecule has 2 aliphatic rings. The number of urea groups is 1. The molecule has 21 heavy (non-hydrogen) atoms. The van der Waals surface area contributed by atoms with Crippen molar-refractivity contribution in [3.8, 4) is 0 Å². The lowest BCUT2D eigenvalue weighted by atomic mass is 10.1. The molecule has 2 saturated heterocycles. The number of nitrogens with one attached hydrogen (secondary N) is 2. The van der Waals surface area contributed by atoms with E-state index in [0.29, 0.717) is 13.1 Å². The minimum absolute atomic E-state index is 0.0193. The third kappa shape index (κ3) is 5.51. The van der Waals surface area contributed by atoms with Gasteiger partial charge in [0.2, 0.25) is 0 Å². The summed E-state index contributed by atoms with van der Waals surface area (Å²) in [5.41, 5.74) is 0. The van der Waals surface area contributed by atoms with Gasteiger partial charge in [-0.15, -0.1) is 0 Å². The van der Waals surface area contributed by atoms with Crippen LogP contribution in [0.2, 0.25) is 0 Å². The summed E-state index contributed by atoms with van der Waals surface area (Å²) in [5.74, 6) is -0.839. The maximum absolute atomic E-state index is 12.2. The van der Waals surface area contributed by atoms with E-state index in [1.807, 2.05) is 4.90 Å². The van der Waals surface area contributed by atoms with E-state index < -0.39 is 5.97 Å². The Morgan fingerprint density at radius 3 is 2.48 bits per heavy atom. The second-order valence-electron chi connectivity index (χ2n) is 5.67. The quantitative estimate of drug-likeness (QED) is 0.684. The fourth-order valence-corrected chi connectivity index (χ4v) is 2.77. The molecular weight excluding hydrogens is 274 g/mol. The highest BCUT2D eigenvalue weighted by Gasteiger charge is 2.25. The number of ether oxygens (including phenoxy) is 1. The predicted molar refractivity (Wildman–Crippen MR) is 77.2 cm³/mol. The Morgan fingerprint density at radius 2 is 1.86 bits per heavy atom. The van der Waals surface area contributed by atoms with Gasteiger partial charge in [-0.2, -0.15) is 0 Å². The Kier molecular flexibility index (Phi) is 6.25. The number of carboxylic acids is 1. The summed E-state index contributed by atoms with van der Waals surface area (Å²) in [6.07, 6.45) is 3.64. The summed E-state index contributed by atoms with van der Waals surface area (Å²) in [5, 5.41) is 14.9. The third-order valence-electron chi connectivity index (χ3n) is 4.07. The van der Waals surface area contributed by atoms with E-state index in [2.05, 4.69) is 10.6 Å². The SMILES string of the molecule is O=C(O)CCOC1CCN(C(=O)NC2CCNCC2)CC1. The molecule has 0 unspecified atom stereocenters. The Hall–Kier alpha value is -1.34. The van der Waals surface area contributed by atoms with E-state index in [-0.39, 0.29) is 31.2 Å². The first kappa shape index (κ1) is 16.0. The van der Waals surface area contributed by atoms with E-state index in [9.17, 15) is 9.59 Å². The molecule has 2 aliphatic heterocycles. The Bertz CT molecular complexity index is 350. The maximum atomic E-state index is 12.2. The van der Waals surface area contributed by atoms with Gasteiger partial charge < -0.3 is 25.4 Å². The summed E-state index contributed by atoms with van der Waals surface area (Å²) in [7, 11) is 0. The van der Waals surface area contributed by atoms with Gasteiger partial charge >= 0.3 is 12.0 Å². The lowest BCUT2D eigenvalue weighted by molar-refractivity contribution is -0.138. The Morgan fingerprint density at radius 1 is 1.19 bits per heavy atom. The van der Waals surface area contributed by atoms with E-state index in [1.54, 1.807) is 0 Å². The average Bonchev–Trinajstić information content (AvgIpc) is 2.48. The van der Waals surface area contributed by atoms with Gasteiger partial charge in [0.25, 0.3) is 0 Å². The van der Waals surface area contributed by atoms with Crippen LogP contribution in [-0.4, -0.2) is 66.9 Å². The molecule has 0 aromatic rings. The molecule has 120 valence electrons. The standard InChI is InChI=1S/C14H25N3O4/c18-13(19)5-10-21-12-3-8-17(9-4-12)14(20)16-11-1-6-15-7-2-11/h11-12,15H,1-10H2,(H,16,20)(H,18,19). The molecule has 2 heterocycles. The van der Waals surface area contributed by atoms with Crippen LogP contribution in [-0.2, 0) is 9.53 Å². The lowest BCUT2D eigenvalue weighted by Crippen LogP contribution is -2.51. The van der Waals surface area contributed by atoms with Gasteiger partial charge in [0, 0.05) is 19.1 Å². The minimum Gasteiger partial charge on any atom is -0.481 e. The Labute approximate surface area is 125 Å². The topological polar surface area (TPSA) is 90.9 Å². The summed E-state index contributed by atoms with van der Waals surface area (Å²) < 4.78 is 5.52. The number of hydrogen-bond donors (Lipinski definition) is 3. The molecule has 2 rings (SSSR count). The number of carbonyl (C=O) groups is 2. The van der Waals surface area contributed by atoms with Crippen molar-refractivity contribution in [1.82, 2.24) is 15.5 Å².